The van der Waals surface area contributed by atoms with Crippen molar-refractivity contribution in [2.24, 2.45) is 5.92 Å². The van der Waals surface area contributed by atoms with Gasteiger partial charge in [0.25, 0.3) is 5.91 Å². The van der Waals surface area contributed by atoms with Gasteiger partial charge in [-0.2, -0.15) is 0 Å². The fraction of sp³-hybridized carbons (Fsp3) is 0.588. The summed E-state index contributed by atoms with van der Waals surface area (Å²) in [5.74, 6) is 1.83. The summed E-state index contributed by atoms with van der Waals surface area (Å²) in [5, 5.41) is 0. The van der Waals surface area contributed by atoms with Crippen molar-refractivity contribution in [3.05, 3.63) is 23.8 Å². The summed E-state index contributed by atoms with van der Waals surface area (Å²) in [6.07, 6.45) is 1.74. The van der Waals surface area contributed by atoms with Crippen LogP contribution in [0.5, 0.6) is 11.5 Å². The molecule has 0 saturated carbocycles. The SMILES string of the molecule is CC[C@@H](C)[C@H]([NH3+])C(=O)N(C)CCc1ccc(OC)c(OC)c1. The van der Waals surface area contributed by atoms with Crippen molar-refractivity contribution in [3.8, 4) is 11.5 Å². The minimum absolute atomic E-state index is 0.106. The first kappa shape index (κ1) is 18.3. The lowest BCUT2D eigenvalue weighted by Crippen LogP contribution is -2.70. The van der Waals surface area contributed by atoms with E-state index in [4.69, 9.17) is 9.47 Å². The van der Waals surface area contributed by atoms with E-state index in [0.29, 0.717) is 24.0 Å². The zero-order valence-electron chi connectivity index (χ0n) is 14.4. The summed E-state index contributed by atoms with van der Waals surface area (Å²) >= 11 is 0. The van der Waals surface area contributed by atoms with Crippen molar-refractivity contribution in [1.82, 2.24) is 4.90 Å². The van der Waals surface area contributed by atoms with Crippen LogP contribution in [0, 0.1) is 5.92 Å². The highest BCUT2D eigenvalue weighted by Crippen LogP contribution is 2.27. The fourth-order valence-corrected chi connectivity index (χ4v) is 2.25. The zero-order chi connectivity index (χ0) is 16.7. The van der Waals surface area contributed by atoms with Crippen molar-refractivity contribution in [3.63, 3.8) is 0 Å². The number of rotatable bonds is 8. The predicted molar refractivity (Wildman–Crippen MR) is 87.0 cm³/mol. The fourth-order valence-electron chi connectivity index (χ4n) is 2.25. The summed E-state index contributed by atoms with van der Waals surface area (Å²) in [4.78, 5) is 14.1. The Morgan fingerprint density at radius 3 is 2.45 bits per heavy atom. The molecule has 0 aliphatic rings. The highest BCUT2D eigenvalue weighted by atomic mass is 16.5. The van der Waals surface area contributed by atoms with Gasteiger partial charge in [0.2, 0.25) is 0 Å². The predicted octanol–water partition coefficient (Wildman–Crippen LogP) is 1.36. The molecule has 0 bridgehead atoms. The topological polar surface area (TPSA) is 66.4 Å². The second kappa shape index (κ2) is 8.63. The van der Waals surface area contributed by atoms with Gasteiger partial charge in [0.1, 0.15) is 0 Å². The second-order valence-corrected chi connectivity index (χ2v) is 5.69. The van der Waals surface area contributed by atoms with Crippen molar-refractivity contribution in [2.45, 2.75) is 32.7 Å². The van der Waals surface area contributed by atoms with Gasteiger partial charge in [0, 0.05) is 19.5 Å². The largest absolute Gasteiger partial charge is 0.493 e. The molecular weight excluding hydrogens is 280 g/mol. The Morgan fingerprint density at radius 1 is 1.27 bits per heavy atom. The van der Waals surface area contributed by atoms with Crippen LogP contribution >= 0.6 is 0 Å². The van der Waals surface area contributed by atoms with E-state index in [1.54, 1.807) is 19.1 Å². The number of methoxy groups -OCH3 is 2. The number of carbonyl (C=O) groups excluding carboxylic acids is 1. The quantitative estimate of drug-likeness (QED) is 0.788. The Morgan fingerprint density at radius 2 is 1.91 bits per heavy atom. The third-order valence-electron chi connectivity index (χ3n) is 4.21. The molecule has 1 rings (SSSR count). The minimum atomic E-state index is -0.180. The normalized spacial score (nSPS) is 13.4. The van der Waals surface area contributed by atoms with Crippen molar-refractivity contribution < 1.29 is 20.0 Å². The van der Waals surface area contributed by atoms with Crippen LogP contribution in [0.1, 0.15) is 25.8 Å². The number of carbonyl (C=O) groups is 1. The monoisotopic (exact) mass is 309 g/mol. The van der Waals surface area contributed by atoms with Gasteiger partial charge in [0.15, 0.2) is 17.5 Å². The van der Waals surface area contributed by atoms with E-state index in [0.717, 1.165) is 18.4 Å². The summed E-state index contributed by atoms with van der Waals surface area (Å²) < 4.78 is 10.5. The van der Waals surface area contributed by atoms with Gasteiger partial charge >= 0.3 is 0 Å². The number of nitrogens with zero attached hydrogens (tertiary/aromatic N) is 1. The van der Waals surface area contributed by atoms with Crippen LogP contribution in [-0.2, 0) is 11.2 Å². The summed E-state index contributed by atoms with van der Waals surface area (Å²) in [5.41, 5.74) is 5.12. The molecule has 1 amide bonds. The minimum Gasteiger partial charge on any atom is -0.493 e. The van der Waals surface area contributed by atoms with E-state index < -0.39 is 0 Å². The third kappa shape index (κ3) is 4.63. The Labute approximate surface area is 133 Å². The summed E-state index contributed by atoms with van der Waals surface area (Å²) in [7, 11) is 5.08. The van der Waals surface area contributed by atoms with Gasteiger partial charge in [0.05, 0.1) is 14.2 Å². The number of benzene rings is 1. The number of hydrogen-bond donors (Lipinski definition) is 1. The highest BCUT2D eigenvalue weighted by molar-refractivity contribution is 5.80. The number of amides is 1. The maximum atomic E-state index is 12.3. The molecule has 5 heteroatoms. The molecule has 0 spiro atoms. The molecule has 5 nitrogen and oxygen atoms in total. The van der Waals surface area contributed by atoms with Crippen LogP contribution < -0.4 is 15.2 Å². The third-order valence-corrected chi connectivity index (χ3v) is 4.21. The Kier molecular flexibility index (Phi) is 7.18. The summed E-state index contributed by atoms with van der Waals surface area (Å²) in [6.45, 7) is 4.81. The van der Waals surface area contributed by atoms with Crippen molar-refractivity contribution in [1.29, 1.82) is 0 Å². The molecule has 1 aromatic rings. The van der Waals surface area contributed by atoms with E-state index in [2.05, 4.69) is 19.6 Å². The van der Waals surface area contributed by atoms with Gasteiger partial charge in [-0.25, -0.2) is 0 Å². The molecule has 124 valence electrons. The Bertz CT molecular complexity index is 491. The molecule has 0 radical (unpaired) electrons. The van der Waals surface area contributed by atoms with Gasteiger partial charge < -0.3 is 20.1 Å². The standard InChI is InChI=1S/C17H28N2O3/c1-6-12(2)16(18)17(20)19(3)10-9-13-7-8-14(21-4)15(11-13)22-5/h7-8,11-12,16H,6,9-10,18H2,1-5H3/p+1/t12-,16+/m1/s1. The lowest BCUT2D eigenvalue weighted by molar-refractivity contribution is -0.417. The first-order valence-electron chi connectivity index (χ1n) is 7.73. The van der Waals surface area contributed by atoms with Crippen LogP contribution in [0.4, 0.5) is 0 Å². The molecule has 0 aliphatic carbocycles. The lowest BCUT2D eigenvalue weighted by Gasteiger charge is -2.22. The van der Waals surface area contributed by atoms with Crippen LogP contribution in [0.15, 0.2) is 18.2 Å². The second-order valence-electron chi connectivity index (χ2n) is 5.69. The highest BCUT2D eigenvalue weighted by Gasteiger charge is 2.26. The molecular formula is C17H29N2O3+. The van der Waals surface area contributed by atoms with E-state index >= 15 is 0 Å². The Balaban J connectivity index is 2.64. The molecule has 0 saturated heterocycles. The molecule has 0 aliphatic heterocycles. The average molecular weight is 309 g/mol. The molecule has 0 unspecified atom stereocenters. The zero-order valence-corrected chi connectivity index (χ0v) is 14.4. The molecule has 0 fully saturated rings. The average Bonchev–Trinajstić information content (AvgIpc) is 2.56. The molecule has 2 atom stereocenters. The van der Waals surface area contributed by atoms with Crippen LogP contribution in [0.25, 0.3) is 0 Å². The molecule has 22 heavy (non-hydrogen) atoms. The number of ether oxygens (including phenoxy) is 2. The van der Waals surface area contributed by atoms with Gasteiger partial charge in [-0.05, 0) is 30.5 Å². The lowest BCUT2D eigenvalue weighted by atomic mass is 9.99. The summed E-state index contributed by atoms with van der Waals surface area (Å²) in [6, 6.07) is 5.66. The Hall–Kier alpha value is -1.75. The van der Waals surface area contributed by atoms with Crippen LogP contribution in [0.3, 0.4) is 0 Å². The van der Waals surface area contributed by atoms with Gasteiger partial charge in [-0.3, -0.25) is 4.79 Å². The molecule has 1 aromatic carbocycles. The van der Waals surface area contributed by atoms with E-state index in [1.807, 2.05) is 25.2 Å². The first-order chi connectivity index (χ1) is 10.4. The maximum absolute atomic E-state index is 12.3. The first-order valence-corrected chi connectivity index (χ1v) is 7.73. The van der Waals surface area contributed by atoms with Gasteiger partial charge in [-0.15, -0.1) is 0 Å². The number of quaternary nitrogens is 1. The van der Waals surface area contributed by atoms with Crippen molar-refractivity contribution in [2.75, 3.05) is 27.8 Å². The number of hydrogen-bond acceptors (Lipinski definition) is 3. The van der Waals surface area contributed by atoms with E-state index in [9.17, 15) is 4.79 Å². The van der Waals surface area contributed by atoms with E-state index in [-0.39, 0.29) is 11.9 Å². The molecule has 3 N–H and O–H groups in total. The number of likely N-dealkylation sites (N-methyl/N-ethyl adjacent to an activating group) is 1. The molecule has 0 heterocycles. The smallest absolute Gasteiger partial charge is 0.280 e. The van der Waals surface area contributed by atoms with E-state index in [1.165, 1.54) is 0 Å². The van der Waals surface area contributed by atoms with Crippen LogP contribution in [0.2, 0.25) is 0 Å². The molecule has 0 aromatic heterocycles. The van der Waals surface area contributed by atoms with Crippen molar-refractivity contribution >= 4 is 5.91 Å². The van der Waals surface area contributed by atoms with Gasteiger partial charge in [-0.1, -0.05) is 19.9 Å². The maximum Gasteiger partial charge on any atom is 0.280 e. The van der Waals surface area contributed by atoms with Crippen LogP contribution in [-0.4, -0.2) is 44.7 Å².